The highest BCUT2D eigenvalue weighted by Crippen LogP contribution is 2.18. The molecule has 1 unspecified atom stereocenters. The van der Waals surface area contributed by atoms with Crippen LogP contribution in [0.2, 0.25) is 5.02 Å². The Morgan fingerprint density at radius 3 is 2.65 bits per heavy atom. The summed E-state index contributed by atoms with van der Waals surface area (Å²) in [5.41, 5.74) is -1.26. The first-order valence-corrected chi connectivity index (χ1v) is 7.42. The molecule has 0 saturated heterocycles. The van der Waals surface area contributed by atoms with Crippen molar-refractivity contribution in [3.63, 3.8) is 0 Å². The molecule has 0 aliphatic carbocycles. The quantitative estimate of drug-likeness (QED) is 0.771. The lowest BCUT2D eigenvalue weighted by Crippen LogP contribution is -2.38. The molecule has 0 radical (unpaired) electrons. The monoisotopic (exact) mass is 339 g/mol. The van der Waals surface area contributed by atoms with Gasteiger partial charge in [-0.25, -0.2) is 4.79 Å². The highest BCUT2D eigenvalue weighted by molar-refractivity contribution is 6.31. The summed E-state index contributed by atoms with van der Waals surface area (Å²) in [5.74, 6) is -1.24. The van der Waals surface area contributed by atoms with Gasteiger partial charge in [0.05, 0.1) is 13.5 Å². The van der Waals surface area contributed by atoms with Gasteiger partial charge >= 0.3 is 11.7 Å². The molecule has 0 fully saturated rings. The molecule has 1 amide bonds. The third kappa shape index (κ3) is 5.23. The maximum absolute atomic E-state index is 12.1. The number of hydrogen-bond acceptors (Lipinski definition) is 4. The summed E-state index contributed by atoms with van der Waals surface area (Å²) in [5, 5.41) is 10.6. The fourth-order valence-corrected chi connectivity index (χ4v) is 2.20. The SMILES string of the molecule is C#[N+]C(O)(CCC(=O)N(C)CCc1ccccc1Cl)C(=O)OC. The largest absolute Gasteiger partial charge is 0.479 e. The van der Waals surface area contributed by atoms with Gasteiger partial charge in [-0.15, -0.1) is 0 Å². The van der Waals surface area contributed by atoms with E-state index in [1.807, 2.05) is 18.2 Å². The molecular weight excluding hydrogens is 320 g/mol. The van der Waals surface area contributed by atoms with Gasteiger partial charge in [0.25, 0.3) is 6.57 Å². The van der Waals surface area contributed by atoms with Crippen molar-refractivity contribution >= 4 is 23.5 Å². The number of carbonyl (C=O) groups excluding carboxylic acids is 2. The third-order valence-electron chi connectivity index (χ3n) is 3.51. The summed E-state index contributed by atoms with van der Waals surface area (Å²) in [6.45, 7) is 5.49. The Morgan fingerprint density at radius 2 is 2.09 bits per heavy atom. The number of halogens is 1. The van der Waals surface area contributed by atoms with Crippen LogP contribution in [0.25, 0.3) is 4.85 Å². The zero-order valence-corrected chi connectivity index (χ0v) is 13.9. The van der Waals surface area contributed by atoms with Gasteiger partial charge in [-0.05, 0) is 22.9 Å². The molecule has 0 aromatic heterocycles. The van der Waals surface area contributed by atoms with Crippen LogP contribution in [0, 0.1) is 6.57 Å². The van der Waals surface area contributed by atoms with Crippen molar-refractivity contribution in [2.45, 2.75) is 25.0 Å². The van der Waals surface area contributed by atoms with Crippen LogP contribution >= 0.6 is 11.6 Å². The molecular formula is C16H20ClN2O4+. The molecule has 0 aliphatic heterocycles. The molecule has 0 bridgehead atoms. The molecule has 124 valence electrons. The van der Waals surface area contributed by atoms with Gasteiger partial charge in [0.2, 0.25) is 5.91 Å². The predicted molar refractivity (Wildman–Crippen MR) is 87.3 cm³/mol. The number of rotatable bonds is 7. The zero-order valence-electron chi connectivity index (χ0n) is 13.2. The molecule has 0 heterocycles. The Morgan fingerprint density at radius 1 is 1.43 bits per heavy atom. The van der Waals surface area contributed by atoms with Crippen molar-refractivity contribution in [3.8, 4) is 6.57 Å². The molecule has 1 aromatic rings. The molecule has 0 saturated carbocycles. The number of likely N-dealkylation sites (N-methyl/N-ethyl adjacent to an activating group) is 1. The Hall–Kier alpha value is -2.10. The van der Waals surface area contributed by atoms with E-state index in [-0.39, 0.29) is 18.7 Å². The van der Waals surface area contributed by atoms with Crippen molar-refractivity contribution in [3.05, 3.63) is 39.7 Å². The van der Waals surface area contributed by atoms with Crippen LogP contribution in [0.5, 0.6) is 0 Å². The summed E-state index contributed by atoms with van der Waals surface area (Å²) < 4.78 is 4.42. The average Bonchev–Trinajstić information content (AvgIpc) is 2.57. The van der Waals surface area contributed by atoms with E-state index in [2.05, 4.69) is 9.58 Å². The molecule has 1 rings (SSSR count). The van der Waals surface area contributed by atoms with Crippen LogP contribution in [-0.2, 0) is 20.7 Å². The topological polar surface area (TPSA) is 71.2 Å². The maximum atomic E-state index is 12.1. The number of ether oxygens (including phenoxy) is 1. The maximum Gasteiger partial charge on any atom is 0.479 e. The smallest absolute Gasteiger partial charge is 0.461 e. The van der Waals surface area contributed by atoms with E-state index in [1.54, 1.807) is 13.1 Å². The molecule has 23 heavy (non-hydrogen) atoms. The number of aliphatic hydroxyl groups is 1. The van der Waals surface area contributed by atoms with Gasteiger partial charge in [-0.1, -0.05) is 29.8 Å². The van der Waals surface area contributed by atoms with Crippen LogP contribution in [0.3, 0.4) is 0 Å². The lowest BCUT2D eigenvalue weighted by Gasteiger charge is -2.18. The second kappa shape index (κ2) is 8.51. The van der Waals surface area contributed by atoms with E-state index in [1.165, 1.54) is 4.90 Å². The van der Waals surface area contributed by atoms with Gasteiger partial charge in [-0.3, -0.25) is 4.79 Å². The number of hydrogen-bond donors (Lipinski definition) is 1. The highest BCUT2D eigenvalue weighted by atomic mass is 35.5. The van der Waals surface area contributed by atoms with Crippen molar-refractivity contribution in [2.75, 3.05) is 20.7 Å². The molecule has 1 N–H and O–H groups in total. The van der Waals surface area contributed by atoms with Gasteiger partial charge in [-0.2, -0.15) is 0 Å². The van der Waals surface area contributed by atoms with Crippen LogP contribution < -0.4 is 0 Å². The first-order valence-electron chi connectivity index (χ1n) is 7.04. The second-order valence-electron chi connectivity index (χ2n) is 5.09. The van der Waals surface area contributed by atoms with E-state index >= 15 is 0 Å². The van der Waals surface area contributed by atoms with Crippen molar-refractivity contribution in [1.29, 1.82) is 0 Å². The Bertz CT molecular complexity index is 614. The minimum atomic E-state index is -2.20. The lowest BCUT2D eigenvalue weighted by molar-refractivity contribution is -0.158. The highest BCUT2D eigenvalue weighted by Gasteiger charge is 2.49. The number of nitrogens with zero attached hydrogens (tertiary/aromatic N) is 2. The second-order valence-corrected chi connectivity index (χ2v) is 5.50. The van der Waals surface area contributed by atoms with Crippen LogP contribution in [0.15, 0.2) is 24.3 Å². The predicted octanol–water partition coefficient (Wildman–Crippen LogP) is 1.95. The molecule has 1 atom stereocenters. The zero-order chi connectivity index (χ0) is 17.5. The van der Waals surface area contributed by atoms with E-state index < -0.39 is 11.7 Å². The number of amides is 1. The van der Waals surface area contributed by atoms with Crippen molar-refractivity contribution in [1.82, 2.24) is 4.90 Å². The number of esters is 1. The first kappa shape index (κ1) is 18.9. The van der Waals surface area contributed by atoms with Gasteiger partial charge in [0.15, 0.2) is 0 Å². The Kier molecular flexibility index (Phi) is 7.01. The molecule has 6 nitrogen and oxygen atoms in total. The summed E-state index contributed by atoms with van der Waals surface area (Å²) in [6, 6.07) is 7.40. The number of carbonyl (C=O) groups is 2. The normalized spacial score (nSPS) is 12.8. The average molecular weight is 340 g/mol. The lowest BCUT2D eigenvalue weighted by atomic mass is 10.1. The van der Waals surface area contributed by atoms with E-state index in [0.717, 1.165) is 12.7 Å². The fourth-order valence-electron chi connectivity index (χ4n) is 1.97. The third-order valence-corrected chi connectivity index (χ3v) is 3.88. The van der Waals surface area contributed by atoms with Gasteiger partial charge < -0.3 is 14.7 Å². The first-order chi connectivity index (χ1) is 10.8. The molecule has 0 aliphatic rings. The summed E-state index contributed by atoms with van der Waals surface area (Å²) in [6.07, 6.45) is 0.265. The Labute approximate surface area is 140 Å². The van der Waals surface area contributed by atoms with E-state index in [9.17, 15) is 14.7 Å². The van der Waals surface area contributed by atoms with Gasteiger partial charge in [0.1, 0.15) is 0 Å². The number of benzene rings is 1. The summed E-state index contributed by atoms with van der Waals surface area (Å²) in [7, 11) is 2.74. The molecule has 7 heteroatoms. The van der Waals surface area contributed by atoms with Crippen molar-refractivity contribution < 1.29 is 19.4 Å². The van der Waals surface area contributed by atoms with Gasteiger partial charge in [0, 0.05) is 25.0 Å². The van der Waals surface area contributed by atoms with Crippen LogP contribution in [-0.4, -0.2) is 48.3 Å². The van der Waals surface area contributed by atoms with E-state index in [4.69, 9.17) is 18.2 Å². The number of methoxy groups -OCH3 is 1. The summed E-state index contributed by atoms with van der Waals surface area (Å²) >= 11 is 6.06. The molecule has 0 spiro atoms. The van der Waals surface area contributed by atoms with Crippen LogP contribution in [0.4, 0.5) is 0 Å². The molecule has 1 aromatic carbocycles. The van der Waals surface area contributed by atoms with Crippen molar-refractivity contribution in [2.24, 2.45) is 0 Å². The standard InChI is InChI=1S/C16H20ClN2O4/c1-18-16(22,15(21)23-3)10-8-14(20)19(2)11-9-12-6-4-5-7-13(12)17/h1,4-7,22H,8-11H2,2-3H3/q+1. The Balaban J connectivity index is 2.53. The van der Waals surface area contributed by atoms with E-state index in [0.29, 0.717) is 18.0 Å². The van der Waals surface area contributed by atoms with Crippen LogP contribution in [0.1, 0.15) is 18.4 Å². The minimum Gasteiger partial charge on any atom is -0.461 e. The summed E-state index contributed by atoms with van der Waals surface area (Å²) in [4.78, 5) is 28.1. The fraction of sp³-hybridized carbons (Fsp3) is 0.438. The minimum absolute atomic E-state index is 0.0919.